The number of carbonyl (C=O) groups is 1. The summed E-state index contributed by atoms with van der Waals surface area (Å²) in [5.74, 6) is 1.02. The molecule has 1 N–H and O–H groups in total. The Morgan fingerprint density at radius 2 is 2.33 bits per heavy atom. The van der Waals surface area contributed by atoms with Gasteiger partial charge in [0.25, 0.3) is 0 Å². The molecule has 0 atom stereocenters. The lowest BCUT2D eigenvalue weighted by Crippen LogP contribution is -1.88. The van der Waals surface area contributed by atoms with Crippen LogP contribution in [0.5, 0.6) is 0 Å². The highest BCUT2D eigenvalue weighted by atomic mass is 16.4. The summed E-state index contributed by atoms with van der Waals surface area (Å²) < 4.78 is 0. The largest absolute Gasteiger partial charge is 0.481 e. The maximum atomic E-state index is 9.46. The minimum absolute atomic E-state index is 0.181. The topological polar surface area (TPSA) is 37.3 Å². The van der Waals surface area contributed by atoms with E-state index < -0.39 is 5.97 Å². The fraction of sp³-hybridized carbons (Fsp3) is 0.286. The highest BCUT2D eigenvalue weighted by molar-refractivity contribution is 5.69. The molecule has 0 aromatic heterocycles. The Morgan fingerprint density at radius 1 is 2.00 bits per heavy atom. The van der Waals surface area contributed by atoms with Crippen molar-refractivity contribution in [2.45, 2.75) is 13.3 Å². The molecule has 0 saturated heterocycles. The van der Waals surface area contributed by atoms with Crippen molar-refractivity contribution in [3.8, 4) is 12.3 Å². The summed E-state index contributed by atoms with van der Waals surface area (Å²) in [6.45, 7) is 5.25. The van der Waals surface area contributed by atoms with Crippen LogP contribution < -0.4 is 0 Å². The van der Waals surface area contributed by atoms with Gasteiger partial charge >= 0.3 is 5.97 Å². The van der Waals surface area contributed by atoms with Gasteiger partial charge in [-0.1, -0.05) is 12.0 Å². The molecule has 0 bridgehead atoms. The number of aliphatic carboxylic acids is 1. The van der Waals surface area contributed by atoms with E-state index in [0.29, 0.717) is 0 Å². The van der Waals surface area contributed by atoms with Gasteiger partial charge in [0.1, 0.15) is 6.42 Å². The quantitative estimate of drug-likeness (QED) is 0.424. The second-order valence-electron chi connectivity index (χ2n) is 1.18. The number of hydrogen-bond donors (Lipinski definition) is 1. The Labute approximate surface area is 55.2 Å². The first kappa shape index (κ1) is 10.7. The molecule has 0 aromatic carbocycles. The van der Waals surface area contributed by atoms with Gasteiger partial charge in [-0.3, -0.25) is 4.79 Å². The SMILES string of the molecule is C#CCC(=O)O.C=CC. The average molecular weight is 126 g/mol. The second kappa shape index (κ2) is 9.91. The predicted molar refractivity (Wildman–Crippen MR) is 37.0 cm³/mol. The predicted octanol–water partition coefficient (Wildman–Crippen LogP) is 1.29. The zero-order valence-electron chi connectivity index (χ0n) is 5.42. The van der Waals surface area contributed by atoms with Crippen LogP contribution in [0.3, 0.4) is 0 Å². The molecular weight excluding hydrogens is 116 g/mol. The van der Waals surface area contributed by atoms with Gasteiger partial charge in [-0.2, -0.15) is 0 Å². The van der Waals surface area contributed by atoms with Crippen LogP contribution in [0.2, 0.25) is 0 Å². The molecule has 0 aliphatic heterocycles. The molecule has 0 aliphatic carbocycles. The molecule has 0 fully saturated rings. The summed E-state index contributed by atoms with van der Waals surface area (Å²) in [6, 6.07) is 0. The van der Waals surface area contributed by atoms with E-state index in [9.17, 15) is 4.79 Å². The van der Waals surface area contributed by atoms with Gasteiger partial charge in [0.2, 0.25) is 0 Å². The Kier molecular flexibility index (Phi) is 11.8. The summed E-state index contributed by atoms with van der Waals surface area (Å²) in [7, 11) is 0. The van der Waals surface area contributed by atoms with Gasteiger partial charge < -0.3 is 5.11 Å². The number of rotatable bonds is 1. The number of carboxylic acid groups (broad SMARTS) is 1. The smallest absolute Gasteiger partial charge is 0.315 e. The fourth-order valence-electron chi connectivity index (χ4n) is 0.0873. The summed E-state index contributed by atoms with van der Waals surface area (Å²) in [4.78, 5) is 9.46. The standard InChI is InChI=1S/C4H4O2.C3H6/c1-2-3-4(5)6;1-3-2/h1H,3H2,(H,5,6);3H,1H2,2H3. The first-order valence-corrected chi connectivity index (χ1v) is 2.41. The maximum Gasteiger partial charge on any atom is 0.315 e. The lowest BCUT2D eigenvalue weighted by molar-refractivity contribution is -0.135. The minimum Gasteiger partial charge on any atom is -0.481 e. The molecule has 2 nitrogen and oxygen atoms in total. The molecule has 0 heterocycles. The lowest BCUT2D eigenvalue weighted by atomic mass is 10.5. The maximum absolute atomic E-state index is 9.46. The zero-order chi connectivity index (χ0) is 7.70. The Balaban J connectivity index is 0. The van der Waals surface area contributed by atoms with Crippen LogP contribution in [0, 0.1) is 12.3 Å². The van der Waals surface area contributed by atoms with Crippen molar-refractivity contribution in [1.29, 1.82) is 0 Å². The number of hydrogen-bond acceptors (Lipinski definition) is 1. The summed E-state index contributed by atoms with van der Waals surface area (Å²) in [6.07, 6.45) is 6.17. The summed E-state index contributed by atoms with van der Waals surface area (Å²) >= 11 is 0. The van der Waals surface area contributed by atoms with Gasteiger partial charge in [0.15, 0.2) is 0 Å². The molecule has 0 amide bonds. The van der Waals surface area contributed by atoms with Crippen LogP contribution in [-0.2, 0) is 4.79 Å². The van der Waals surface area contributed by atoms with Crippen LogP contribution >= 0.6 is 0 Å². The van der Waals surface area contributed by atoms with E-state index in [-0.39, 0.29) is 6.42 Å². The highest BCUT2D eigenvalue weighted by Gasteiger charge is 1.84. The van der Waals surface area contributed by atoms with Crippen molar-refractivity contribution < 1.29 is 9.90 Å². The molecule has 0 rings (SSSR count). The molecular formula is C7H10O2. The van der Waals surface area contributed by atoms with Crippen molar-refractivity contribution in [3.05, 3.63) is 12.7 Å². The normalized spacial score (nSPS) is 5.78. The van der Waals surface area contributed by atoms with Crippen LogP contribution in [0.25, 0.3) is 0 Å². The molecule has 0 radical (unpaired) electrons. The van der Waals surface area contributed by atoms with Gasteiger partial charge in [0, 0.05) is 0 Å². The monoisotopic (exact) mass is 126 g/mol. The third kappa shape index (κ3) is 49.2. The Morgan fingerprint density at radius 3 is 2.33 bits per heavy atom. The van der Waals surface area contributed by atoms with Crippen molar-refractivity contribution in [3.63, 3.8) is 0 Å². The van der Waals surface area contributed by atoms with Gasteiger partial charge in [-0.25, -0.2) is 0 Å². The Hall–Kier alpha value is -1.23. The first-order chi connectivity index (χ1) is 4.18. The Bertz CT molecular complexity index is 119. The third-order valence-corrected chi connectivity index (χ3v) is 0.253. The van der Waals surface area contributed by atoms with Crippen LogP contribution in [0.1, 0.15) is 13.3 Å². The molecule has 0 aromatic rings. The van der Waals surface area contributed by atoms with Gasteiger partial charge in [0.05, 0.1) is 0 Å². The van der Waals surface area contributed by atoms with E-state index in [2.05, 4.69) is 13.0 Å². The molecule has 50 valence electrons. The zero-order valence-corrected chi connectivity index (χ0v) is 5.42. The van der Waals surface area contributed by atoms with E-state index >= 15 is 0 Å². The van der Waals surface area contributed by atoms with Crippen molar-refractivity contribution in [2.75, 3.05) is 0 Å². The number of carboxylic acids is 1. The molecule has 0 unspecified atom stereocenters. The highest BCUT2D eigenvalue weighted by Crippen LogP contribution is 1.68. The molecule has 0 saturated carbocycles. The summed E-state index contributed by atoms with van der Waals surface area (Å²) in [5.41, 5.74) is 0. The average Bonchev–Trinajstić information content (AvgIpc) is 1.67. The molecule has 9 heavy (non-hydrogen) atoms. The summed E-state index contributed by atoms with van der Waals surface area (Å²) in [5, 5.41) is 7.77. The number of allylic oxidation sites excluding steroid dienone is 1. The van der Waals surface area contributed by atoms with Crippen molar-refractivity contribution >= 4 is 5.97 Å². The third-order valence-electron chi connectivity index (χ3n) is 0.253. The van der Waals surface area contributed by atoms with Gasteiger partial charge in [-0.15, -0.1) is 13.0 Å². The van der Waals surface area contributed by atoms with E-state index in [0.717, 1.165) is 0 Å². The minimum atomic E-state index is -0.947. The van der Waals surface area contributed by atoms with Crippen LogP contribution in [0.4, 0.5) is 0 Å². The second-order valence-corrected chi connectivity index (χ2v) is 1.18. The van der Waals surface area contributed by atoms with Crippen LogP contribution in [0.15, 0.2) is 12.7 Å². The van der Waals surface area contributed by atoms with E-state index in [1.807, 2.05) is 12.8 Å². The van der Waals surface area contributed by atoms with E-state index in [1.54, 1.807) is 6.08 Å². The first-order valence-electron chi connectivity index (χ1n) is 2.41. The van der Waals surface area contributed by atoms with Crippen molar-refractivity contribution in [2.24, 2.45) is 0 Å². The van der Waals surface area contributed by atoms with Gasteiger partial charge in [-0.05, 0) is 6.92 Å². The molecule has 2 heteroatoms. The molecule has 0 spiro atoms. The van der Waals surface area contributed by atoms with Crippen molar-refractivity contribution in [1.82, 2.24) is 0 Å². The van der Waals surface area contributed by atoms with E-state index in [4.69, 9.17) is 5.11 Å². The van der Waals surface area contributed by atoms with E-state index in [1.165, 1.54) is 0 Å². The number of terminal acetylenes is 1. The van der Waals surface area contributed by atoms with Crippen LogP contribution in [-0.4, -0.2) is 11.1 Å². The lowest BCUT2D eigenvalue weighted by Gasteiger charge is -1.72. The fourth-order valence-corrected chi connectivity index (χ4v) is 0.0873. The molecule has 0 aliphatic rings.